The lowest BCUT2D eigenvalue weighted by atomic mass is 10.2. The van der Waals surface area contributed by atoms with Crippen LogP contribution in [0.15, 0.2) is 36.4 Å². The third kappa shape index (κ3) is 3.30. The van der Waals surface area contributed by atoms with Crippen molar-refractivity contribution in [2.75, 3.05) is 0 Å². The maximum atomic E-state index is 11.0. The van der Waals surface area contributed by atoms with Gasteiger partial charge in [0.15, 0.2) is 0 Å². The van der Waals surface area contributed by atoms with E-state index in [2.05, 4.69) is 0 Å². The monoisotopic (exact) mass is 399 g/mol. The van der Waals surface area contributed by atoms with Crippen LogP contribution in [0.25, 0.3) is 0 Å². The highest BCUT2D eigenvalue weighted by atomic mass is 127. The van der Waals surface area contributed by atoms with Crippen LogP contribution in [-0.2, 0) is 0 Å². The van der Waals surface area contributed by atoms with Crippen LogP contribution in [0, 0.1) is 20.6 Å². The van der Waals surface area contributed by atoms with Gasteiger partial charge < -0.3 is 9.84 Å². The number of carbonyl (C=O) groups is 1. The number of benzene rings is 2. The van der Waals surface area contributed by atoms with Gasteiger partial charge in [-0.2, -0.15) is 0 Å². The van der Waals surface area contributed by atoms with Gasteiger partial charge in [-0.15, -0.1) is 0 Å². The van der Waals surface area contributed by atoms with E-state index in [1.807, 2.05) is 22.6 Å². The Labute approximate surface area is 133 Å². The summed E-state index contributed by atoms with van der Waals surface area (Å²) in [6, 6.07) is 8.99. The van der Waals surface area contributed by atoms with E-state index in [0.29, 0.717) is 20.6 Å². The van der Waals surface area contributed by atoms with Crippen LogP contribution in [0.3, 0.4) is 0 Å². The number of carboxylic acid groups (broad SMARTS) is 1. The molecule has 7 heteroatoms. The van der Waals surface area contributed by atoms with E-state index < -0.39 is 10.9 Å². The van der Waals surface area contributed by atoms with Crippen LogP contribution < -0.4 is 4.74 Å². The molecule has 1 N–H and O–H groups in total. The molecular formula is C14H10INO5. The summed E-state index contributed by atoms with van der Waals surface area (Å²) < 4.78 is 6.36. The summed E-state index contributed by atoms with van der Waals surface area (Å²) in [5.74, 6) is -0.393. The minimum atomic E-state index is -1.06. The minimum Gasteiger partial charge on any atom is -0.478 e. The Morgan fingerprint density at radius 1 is 1.29 bits per heavy atom. The summed E-state index contributed by atoms with van der Waals surface area (Å²) in [4.78, 5) is 21.4. The van der Waals surface area contributed by atoms with Gasteiger partial charge in [-0.25, -0.2) is 4.79 Å². The van der Waals surface area contributed by atoms with Gasteiger partial charge in [0.25, 0.3) is 5.69 Å². The zero-order valence-electron chi connectivity index (χ0n) is 10.9. The van der Waals surface area contributed by atoms with Gasteiger partial charge in [-0.1, -0.05) is 6.07 Å². The maximum absolute atomic E-state index is 11.0. The molecule has 2 aromatic rings. The fraction of sp³-hybridized carbons (Fsp3) is 0.0714. The Balaban J connectivity index is 2.43. The molecular weight excluding hydrogens is 389 g/mol. The Morgan fingerprint density at radius 2 is 2.00 bits per heavy atom. The molecule has 0 saturated carbocycles. The Morgan fingerprint density at radius 3 is 2.62 bits per heavy atom. The second-order valence-electron chi connectivity index (χ2n) is 4.21. The van der Waals surface area contributed by atoms with Gasteiger partial charge in [0.2, 0.25) is 0 Å². The van der Waals surface area contributed by atoms with Gasteiger partial charge in [0, 0.05) is 6.07 Å². The molecule has 0 radical (unpaired) electrons. The van der Waals surface area contributed by atoms with Crippen LogP contribution in [0.5, 0.6) is 11.5 Å². The predicted octanol–water partition coefficient (Wildman–Crippen LogP) is 4.00. The third-order valence-corrected chi connectivity index (χ3v) is 3.74. The number of nitro groups is 1. The third-order valence-electron chi connectivity index (χ3n) is 2.85. The molecule has 0 unspecified atom stereocenters. The fourth-order valence-electron chi connectivity index (χ4n) is 1.74. The number of halogens is 1. The van der Waals surface area contributed by atoms with Gasteiger partial charge in [-0.3, -0.25) is 10.1 Å². The van der Waals surface area contributed by atoms with Gasteiger partial charge >= 0.3 is 5.97 Å². The summed E-state index contributed by atoms with van der Waals surface area (Å²) in [6.45, 7) is 1.58. The molecule has 0 amide bonds. The quantitative estimate of drug-likeness (QED) is 0.477. The van der Waals surface area contributed by atoms with E-state index in [0.717, 1.165) is 0 Å². The summed E-state index contributed by atoms with van der Waals surface area (Å²) >= 11 is 2.01. The minimum absolute atomic E-state index is 0.0445. The summed E-state index contributed by atoms with van der Waals surface area (Å²) in [5.41, 5.74) is 0.435. The van der Waals surface area contributed by atoms with Crippen molar-refractivity contribution in [2.24, 2.45) is 0 Å². The van der Waals surface area contributed by atoms with Crippen molar-refractivity contribution in [3.05, 3.63) is 61.2 Å². The lowest BCUT2D eigenvalue weighted by Gasteiger charge is -2.11. The Hall–Kier alpha value is -2.16. The molecule has 2 aromatic carbocycles. The van der Waals surface area contributed by atoms with Gasteiger partial charge in [0.1, 0.15) is 11.5 Å². The van der Waals surface area contributed by atoms with Crippen molar-refractivity contribution in [1.82, 2.24) is 0 Å². The molecule has 0 atom stereocenters. The lowest BCUT2D eigenvalue weighted by Crippen LogP contribution is -1.99. The first kappa shape index (κ1) is 15.2. The highest BCUT2D eigenvalue weighted by Gasteiger charge is 2.16. The van der Waals surface area contributed by atoms with Gasteiger partial charge in [-0.05, 0) is 53.8 Å². The topological polar surface area (TPSA) is 89.7 Å². The average molecular weight is 399 g/mol. The second kappa shape index (κ2) is 6.08. The number of ether oxygens (including phenoxy) is 1. The number of hydrogen-bond acceptors (Lipinski definition) is 4. The Kier molecular flexibility index (Phi) is 4.41. The van der Waals surface area contributed by atoms with Crippen molar-refractivity contribution in [3.63, 3.8) is 0 Å². The highest BCUT2D eigenvalue weighted by Crippen LogP contribution is 2.33. The van der Waals surface area contributed by atoms with Crippen molar-refractivity contribution in [1.29, 1.82) is 0 Å². The standard InChI is InChI=1S/C14H10INO5/c1-8-11(16(19)20)3-2-4-12(8)21-13-7-9(14(17)18)5-6-10(13)15/h2-7H,1H3,(H,17,18). The lowest BCUT2D eigenvalue weighted by molar-refractivity contribution is -0.385. The van der Waals surface area contributed by atoms with Crippen molar-refractivity contribution < 1.29 is 19.6 Å². The molecule has 0 aliphatic rings. The molecule has 0 heterocycles. The molecule has 6 nitrogen and oxygen atoms in total. The van der Waals surface area contributed by atoms with E-state index >= 15 is 0 Å². The molecule has 0 aliphatic carbocycles. The average Bonchev–Trinajstić information content (AvgIpc) is 2.42. The van der Waals surface area contributed by atoms with Crippen molar-refractivity contribution >= 4 is 34.2 Å². The summed E-state index contributed by atoms with van der Waals surface area (Å²) in [7, 11) is 0. The number of nitrogens with zero attached hydrogens (tertiary/aromatic N) is 1. The molecule has 21 heavy (non-hydrogen) atoms. The summed E-state index contributed by atoms with van der Waals surface area (Å²) in [5, 5.41) is 19.9. The largest absolute Gasteiger partial charge is 0.478 e. The van der Waals surface area contributed by atoms with Crippen molar-refractivity contribution in [2.45, 2.75) is 6.92 Å². The molecule has 0 aromatic heterocycles. The van der Waals surface area contributed by atoms with Crippen LogP contribution in [0.4, 0.5) is 5.69 Å². The molecule has 0 spiro atoms. The molecule has 0 fully saturated rings. The zero-order valence-corrected chi connectivity index (χ0v) is 13.0. The van der Waals surface area contributed by atoms with Crippen LogP contribution >= 0.6 is 22.6 Å². The molecule has 108 valence electrons. The zero-order chi connectivity index (χ0) is 15.6. The normalized spacial score (nSPS) is 10.2. The van der Waals surface area contributed by atoms with E-state index in [1.54, 1.807) is 19.1 Å². The second-order valence-corrected chi connectivity index (χ2v) is 5.37. The predicted molar refractivity (Wildman–Crippen MR) is 84.0 cm³/mol. The molecule has 2 rings (SSSR count). The van der Waals surface area contributed by atoms with Crippen LogP contribution in [0.2, 0.25) is 0 Å². The maximum Gasteiger partial charge on any atom is 0.335 e. The van der Waals surface area contributed by atoms with E-state index in [1.165, 1.54) is 24.3 Å². The number of rotatable bonds is 4. The smallest absolute Gasteiger partial charge is 0.335 e. The highest BCUT2D eigenvalue weighted by molar-refractivity contribution is 14.1. The van der Waals surface area contributed by atoms with E-state index in [9.17, 15) is 14.9 Å². The van der Waals surface area contributed by atoms with Crippen LogP contribution in [0.1, 0.15) is 15.9 Å². The molecule has 0 bridgehead atoms. The number of carboxylic acids is 1. The molecule has 0 aliphatic heterocycles. The Bertz CT molecular complexity index is 729. The first-order valence-corrected chi connectivity index (χ1v) is 6.92. The van der Waals surface area contributed by atoms with E-state index in [4.69, 9.17) is 9.84 Å². The number of hydrogen-bond donors (Lipinski definition) is 1. The van der Waals surface area contributed by atoms with Gasteiger partial charge in [0.05, 0.1) is 19.6 Å². The first-order chi connectivity index (χ1) is 9.90. The SMILES string of the molecule is Cc1c(Oc2cc(C(=O)O)ccc2I)cccc1[N+](=O)[O-]. The first-order valence-electron chi connectivity index (χ1n) is 5.85. The van der Waals surface area contributed by atoms with E-state index in [-0.39, 0.29) is 11.3 Å². The van der Waals surface area contributed by atoms with Crippen LogP contribution in [-0.4, -0.2) is 16.0 Å². The fourth-order valence-corrected chi connectivity index (χ4v) is 2.19. The number of aromatic carboxylic acids is 1. The molecule has 0 saturated heterocycles. The summed E-state index contributed by atoms with van der Waals surface area (Å²) in [6.07, 6.45) is 0. The van der Waals surface area contributed by atoms with Crippen molar-refractivity contribution in [3.8, 4) is 11.5 Å². The number of nitro benzene ring substituents is 1.